The number of anilines is 1. The molecular formula is C20H24F3N3O3S. The Hall–Kier alpha value is -2.36. The lowest BCUT2D eigenvalue weighted by molar-refractivity contribution is -0.137. The predicted molar refractivity (Wildman–Crippen MR) is 107 cm³/mol. The smallest absolute Gasteiger partial charge is 0.311 e. The molecule has 1 saturated heterocycles. The van der Waals surface area contributed by atoms with Crippen LogP contribution in [0, 0.1) is 0 Å². The molecule has 0 spiro atoms. The van der Waals surface area contributed by atoms with Crippen molar-refractivity contribution < 1.29 is 26.4 Å². The topological polar surface area (TPSA) is 81.1 Å². The molecule has 10 heteroatoms. The Morgan fingerprint density at radius 1 is 1.23 bits per heavy atom. The quantitative estimate of drug-likeness (QED) is 0.781. The van der Waals surface area contributed by atoms with E-state index in [-0.39, 0.29) is 28.9 Å². The van der Waals surface area contributed by atoms with Crippen molar-refractivity contribution in [3.63, 3.8) is 0 Å². The van der Waals surface area contributed by atoms with Crippen LogP contribution < -0.4 is 5.32 Å². The maximum absolute atomic E-state index is 12.9. The van der Waals surface area contributed by atoms with Gasteiger partial charge in [0, 0.05) is 11.5 Å². The molecule has 1 unspecified atom stereocenters. The third-order valence-electron chi connectivity index (χ3n) is 4.94. The van der Waals surface area contributed by atoms with Crippen LogP contribution in [0.2, 0.25) is 0 Å². The third kappa shape index (κ3) is 5.21. The number of sulfone groups is 1. The second-order valence-electron chi connectivity index (χ2n) is 8.59. The summed E-state index contributed by atoms with van der Waals surface area (Å²) >= 11 is 0. The van der Waals surface area contributed by atoms with Gasteiger partial charge in [-0.2, -0.15) is 18.3 Å². The first-order chi connectivity index (χ1) is 13.7. The van der Waals surface area contributed by atoms with Gasteiger partial charge in [0.2, 0.25) is 5.91 Å². The molecule has 1 N–H and O–H groups in total. The molecule has 2 aromatic rings. The number of carbonyl (C=O) groups excluding carboxylic acids is 1. The lowest BCUT2D eigenvalue weighted by Gasteiger charge is -2.15. The van der Waals surface area contributed by atoms with Crippen molar-refractivity contribution in [1.82, 2.24) is 9.78 Å². The van der Waals surface area contributed by atoms with Crippen molar-refractivity contribution in [1.29, 1.82) is 0 Å². The van der Waals surface area contributed by atoms with Crippen molar-refractivity contribution in [2.75, 3.05) is 16.8 Å². The highest BCUT2D eigenvalue weighted by molar-refractivity contribution is 7.91. The first-order valence-corrected chi connectivity index (χ1v) is 11.3. The fourth-order valence-corrected chi connectivity index (χ4v) is 5.02. The van der Waals surface area contributed by atoms with Gasteiger partial charge in [-0.1, -0.05) is 39.0 Å². The molecular weight excluding hydrogens is 419 g/mol. The number of hydrogen-bond acceptors (Lipinski definition) is 4. The molecule has 0 aliphatic carbocycles. The zero-order valence-electron chi connectivity index (χ0n) is 17.0. The second kappa shape index (κ2) is 7.72. The Balaban J connectivity index is 1.83. The summed E-state index contributed by atoms with van der Waals surface area (Å²) in [5, 5.41) is 7.22. The van der Waals surface area contributed by atoms with Gasteiger partial charge in [-0.05, 0) is 18.1 Å². The number of benzene rings is 1. The number of nitrogens with zero attached hydrogens (tertiary/aromatic N) is 2. The molecule has 2 heterocycles. The molecule has 1 aliphatic heterocycles. The standard InChI is InChI=1S/C20H24F3N3O3S/c1-19(2,3)16-11-17(26(25-16)15-7-8-30(28,29)12-15)24-18(27)10-13-5-4-6-14(9-13)20(21,22)23/h4-6,9,11,15H,7-8,10,12H2,1-3H3,(H,24,27). The fraction of sp³-hybridized carbons (Fsp3) is 0.500. The Morgan fingerprint density at radius 2 is 1.93 bits per heavy atom. The summed E-state index contributed by atoms with van der Waals surface area (Å²) in [4.78, 5) is 12.5. The summed E-state index contributed by atoms with van der Waals surface area (Å²) in [6, 6.07) is 5.91. The van der Waals surface area contributed by atoms with Crippen molar-refractivity contribution >= 4 is 21.6 Å². The number of amides is 1. The molecule has 1 aromatic heterocycles. The number of rotatable bonds is 4. The summed E-state index contributed by atoms with van der Waals surface area (Å²) in [5.74, 6) is -0.162. The van der Waals surface area contributed by atoms with Crippen LogP contribution in [0.5, 0.6) is 0 Å². The molecule has 1 fully saturated rings. The molecule has 1 amide bonds. The van der Waals surface area contributed by atoms with Crippen molar-refractivity contribution in [2.45, 2.75) is 51.2 Å². The van der Waals surface area contributed by atoms with Gasteiger partial charge < -0.3 is 5.32 Å². The number of hydrogen-bond donors (Lipinski definition) is 1. The molecule has 1 aromatic carbocycles. The highest BCUT2D eigenvalue weighted by atomic mass is 32.2. The molecule has 1 aliphatic rings. The Morgan fingerprint density at radius 3 is 2.50 bits per heavy atom. The van der Waals surface area contributed by atoms with E-state index in [2.05, 4.69) is 10.4 Å². The zero-order valence-corrected chi connectivity index (χ0v) is 17.8. The summed E-state index contributed by atoms with van der Waals surface area (Å²) in [6.45, 7) is 5.83. The van der Waals surface area contributed by atoms with Crippen molar-refractivity contribution in [3.8, 4) is 0 Å². The van der Waals surface area contributed by atoms with Crippen LogP contribution in [0.25, 0.3) is 0 Å². The van der Waals surface area contributed by atoms with E-state index in [1.54, 1.807) is 6.07 Å². The van der Waals surface area contributed by atoms with Crippen LogP contribution in [0.3, 0.4) is 0 Å². The number of nitrogens with one attached hydrogen (secondary N) is 1. The zero-order chi connectivity index (χ0) is 22.3. The summed E-state index contributed by atoms with van der Waals surface area (Å²) in [5.41, 5.74) is -0.235. The van der Waals surface area contributed by atoms with E-state index in [1.807, 2.05) is 20.8 Å². The maximum atomic E-state index is 12.9. The van der Waals surface area contributed by atoms with Gasteiger partial charge in [0.1, 0.15) is 5.82 Å². The molecule has 6 nitrogen and oxygen atoms in total. The molecule has 0 saturated carbocycles. The van der Waals surface area contributed by atoms with Crippen molar-refractivity contribution in [2.24, 2.45) is 0 Å². The molecule has 164 valence electrons. The number of halogens is 3. The van der Waals surface area contributed by atoms with Gasteiger partial charge in [-0.25, -0.2) is 13.1 Å². The first kappa shape index (κ1) is 22.3. The number of carbonyl (C=O) groups is 1. The van der Waals surface area contributed by atoms with Crippen LogP contribution in [0.4, 0.5) is 19.0 Å². The normalized spacial score (nSPS) is 19.1. The van der Waals surface area contributed by atoms with E-state index in [9.17, 15) is 26.4 Å². The second-order valence-corrected chi connectivity index (χ2v) is 10.8. The van der Waals surface area contributed by atoms with Gasteiger partial charge in [-0.15, -0.1) is 0 Å². The highest BCUT2D eigenvalue weighted by Crippen LogP contribution is 2.32. The maximum Gasteiger partial charge on any atom is 0.416 e. The summed E-state index contributed by atoms with van der Waals surface area (Å²) in [7, 11) is -3.16. The minimum Gasteiger partial charge on any atom is -0.311 e. The monoisotopic (exact) mass is 443 g/mol. The third-order valence-corrected chi connectivity index (χ3v) is 6.70. The Bertz CT molecular complexity index is 1050. The van der Waals surface area contributed by atoms with E-state index in [0.29, 0.717) is 17.9 Å². The average molecular weight is 443 g/mol. The van der Waals surface area contributed by atoms with Gasteiger partial charge >= 0.3 is 6.18 Å². The van der Waals surface area contributed by atoms with E-state index < -0.39 is 33.5 Å². The van der Waals surface area contributed by atoms with Crippen LogP contribution in [-0.4, -0.2) is 35.6 Å². The van der Waals surface area contributed by atoms with Crippen LogP contribution in [0.1, 0.15) is 50.1 Å². The average Bonchev–Trinajstić information content (AvgIpc) is 3.17. The lowest BCUT2D eigenvalue weighted by Crippen LogP contribution is -2.21. The van der Waals surface area contributed by atoms with Gasteiger partial charge in [0.25, 0.3) is 0 Å². The van der Waals surface area contributed by atoms with Crippen LogP contribution in [0.15, 0.2) is 30.3 Å². The van der Waals surface area contributed by atoms with E-state index in [0.717, 1.165) is 12.1 Å². The molecule has 30 heavy (non-hydrogen) atoms. The SMILES string of the molecule is CC(C)(C)c1cc(NC(=O)Cc2cccc(C(F)(F)F)c2)n(C2CCS(=O)(=O)C2)n1. The van der Waals surface area contributed by atoms with Gasteiger partial charge in [0.05, 0.1) is 35.2 Å². The van der Waals surface area contributed by atoms with Gasteiger partial charge in [-0.3, -0.25) is 4.79 Å². The van der Waals surface area contributed by atoms with E-state index in [1.165, 1.54) is 16.8 Å². The van der Waals surface area contributed by atoms with Crippen molar-refractivity contribution in [3.05, 3.63) is 47.2 Å². The number of alkyl halides is 3. The van der Waals surface area contributed by atoms with Crippen LogP contribution in [-0.2, 0) is 32.6 Å². The van der Waals surface area contributed by atoms with Gasteiger partial charge in [0.15, 0.2) is 9.84 Å². The summed E-state index contributed by atoms with van der Waals surface area (Å²) in [6.07, 6.45) is -4.34. The minimum atomic E-state index is -4.49. The fourth-order valence-electron chi connectivity index (χ4n) is 3.33. The number of aromatic nitrogens is 2. The first-order valence-electron chi connectivity index (χ1n) is 9.51. The molecule has 0 radical (unpaired) electrons. The minimum absolute atomic E-state index is 0.0556. The Labute approximate surface area is 173 Å². The highest BCUT2D eigenvalue weighted by Gasteiger charge is 2.33. The van der Waals surface area contributed by atoms with E-state index in [4.69, 9.17) is 0 Å². The largest absolute Gasteiger partial charge is 0.416 e. The lowest BCUT2D eigenvalue weighted by atomic mass is 9.92. The molecule has 0 bridgehead atoms. The summed E-state index contributed by atoms with van der Waals surface area (Å²) < 4.78 is 64.0. The Kier molecular flexibility index (Phi) is 5.74. The molecule has 3 rings (SSSR count). The predicted octanol–water partition coefficient (Wildman–Crippen LogP) is 3.74. The van der Waals surface area contributed by atoms with E-state index >= 15 is 0 Å². The molecule has 1 atom stereocenters. The van der Waals surface area contributed by atoms with Crippen LogP contribution >= 0.6 is 0 Å².